The summed E-state index contributed by atoms with van der Waals surface area (Å²) in [5.74, 6) is -1.28. The Morgan fingerprint density at radius 1 is 1.33 bits per heavy atom. The highest BCUT2D eigenvalue weighted by Gasteiger charge is 2.30. The molecule has 18 heavy (non-hydrogen) atoms. The lowest BCUT2D eigenvalue weighted by atomic mass is 10.2. The molecule has 0 saturated carbocycles. The molecule has 0 bridgehead atoms. The standard InChI is InChI=1S/C10H15NO6S/c1-6-8(10(13)14)9(7(2)17-6)18(15,16)11-4-3-5-12/h11-12H,3-5H2,1-2H3,(H,13,14). The first-order chi connectivity index (χ1) is 8.31. The number of carboxylic acid groups (broad SMARTS) is 1. The number of furan rings is 1. The lowest BCUT2D eigenvalue weighted by Crippen LogP contribution is -2.27. The summed E-state index contributed by atoms with van der Waals surface area (Å²) in [4.78, 5) is 10.7. The number of aromatic carboxylic acids is 1. The van der Waals surface area contributed by atoms with Crippen molar-refractivity contribution in [2.75, 3.05) is 13.2 Å². The Hall–Kier alpha value is -1.38. The van der Waals surface area contributed by atoms with Crippen LogP contribution in [0.2, 0.25) is 0 Å². The van der Waals surface area contributed by atoms with E-state index in [-0.39, 0.29) is 41.6 Å². The lowest BCUT2D eigenvalue weighted by molar-refractivity contribution is 0.0691. The van der Waals surface area contributed by atoms with Gasteiger partial charge in [-0.05, 0) is 20.3 Å². The normalized spacial score (nSPS) is 11.7. The zero-order valence-corrected chi connectivity index (χ0v) is 10.9. The highest BCUT2D eigenvalue weighted by atomic mass is 32.2. The number of hydrogen-bond acceptors (Lipinski definition) is 5. The molecule has 0 aliphatic rings. The molecular weight excluding hydrogens is 262 g/mol. The molecule has 7 nitrogen and oxygen atoms in total. The molecule has 0 saturated heterocycles. The van der Waals surface area contributed by atoms with E-state index in [2.05, 4.69) is 4.72 Å². The zero-order chi connectivity index (χ0) is 13.9. The van der Waals surface area contributed by atoms with Crippen molar-refractivity contribution in [1.29, 1.82) is 0 Å². The molecule has 0 aliphatic heterocycles. The van der Waals surface area contributed by atoms with Crippen LogP contribution in [0, 0.1) is 13.8 Å². The number of aryl methyl sites for hydroxylation is 2. The number of nitrogens with one attached hydrogen (secondary N) is 1. The second kappa shape index (κ2) is 5.51. The van der Waals surface area contributed by atoms with Crippen molar-refractivity contribution in [3.8, 4) is 0 Å². The number of hydrogen-bond donors (Lipinski definition) is 3. The summed E-state index contributed by atoms with van der Waals surface area (Å²) >= 11 is 0. The Bertz CT molecular complexity index is 545. The highest BCUT2D eigenvalue weighted by molar-refractivity contribution is 7.89. The molecule has 1 rings (SSSR count). The Morgan fingerprint density at radius 2 is 1.94 bits per heavy atom. The van der Waals surface area contributed by atoms with Crippen molar-refractivity contribution in [3.63, 3.8) is 0 Å². The van der Waals surface area contributed by atoms with E-state index in [1.54, 1.807) is 0 Å². The van der Waals surface area contributed by atoms with Crippen molar-refractivity contribution in [2.45, 2.75) is 25.2 Å². The molecule has 0 fully saturated rings. The van der Waals surface area contributed by atoms with Crippen LogP contribution in [0.1, 0.15) is 28.3 Å². The summed E-state index contributed by atoms with van der Waals surface area (Å²) in [6.07, 6.45) is 0.248. The van der Waals surface area contributed by atoms with Crippen LogP contribution in [0.3, 0.4) is 0 Å². The van der Waals surface area contributed by atoms with Gasteiger partial charge in [-0.1, -0.05) is 0 Å². The van der Waals surface area contributed by atoms with Crippen molar-refractivity contribution in [1.82, 2.24) is 4.72 Å². The number of rotatable bonds is 6. The molecule has 0 aromatic carbocycles. The lowest BCUT2D eigenvalue weighted by Gasteiger charge is -2.05. The van der Waals surface area contributed by atoms with Gasteiger partial charge in [-0.3, -0.25) is 0 Å². The minimum Gasteiger partial charge on any atom is -0.478 e. The van der Waals surface area contributed by atoms with E-state index in [1.807, 2.05) is 0 Å². The SMILES string of the molecule is Cc1oc(C)c(S(=O)(=O)NCCCO)c1C(=O)O. The summed E-state index contributed by atoms with van der Waals surface area (Å²) < 4.78 is 31.2. The molecule has 1 aromatic heterocycles. The predicted octanol–water partition coefficient (Wildman–Crippen LogP) is 0.255. The van der Waals surface area contributed by atoms with Gasteiger partial charge in [0, 0.05) is 13.2 Å². The van der Waals surface area contributed by atoms with Crippen LogP contribution in [-0.2, 0) is 10.0 Å². The van der Waals surface area contributed by atoms with Crippen LogP contribution in [0.15, 0.2) is 9.31 Å². The van der Waals surface area contributed by atoms with Gasteiger partial charge < -0.3 is 14.6 Å². The first kappa shape index (κ1) is 14.7. The number of aliphatic hydroxyl groups excluding tert-OH is 1. The van der Waals surface area contributed by atoms with Crippen molar-refractivity contribution >= 4 is 16.0 Å². The predicted molar refractivity (Wildman–Crippen MR) is 62.0 cm³/mol. The molecule has 0 radical (unpaired) electrons. The van der Waals surface area contributed by atoms with Gasteiger partial charge in [0.15, 0.2) is 0 Å². The van der Waals surface area contributed by atoms with Gasteiger partial charge in [0.25, 0.3) is 0 Å². The average molecular weight is 277 g/mol. The molecule has 0 atom stereocenters. The largest absolute Gasteiger partial charge is 0.478 e. The van der Waals surface area contributed by atoms with E-state index in [4.69, 9.17) is 14.6 Å². The fourth-order valence-electron chi connectivity index (χ4n) is 1.59. The molecule has 1 aromatic rings. The number of carbonyl (C=O) groups is 1. The van der Waals surface area contributed by atoms with Gasteiger partial charge in [0.2, 0.25) is 10.0 Å². The quantitative estimate of drug-likeness (QED) is 0.642. The fourth-order valence-corrected chi connectivity index (χ4v) is 3.07. The Labute approximate surface area is 104 Å². The van der Waals surface area contributed by atoms with E-state index in [9.17, 15) is 13.2 Å². The maximum atomic E-state index is 12.0. The van der Waals surface area contributed by atoms with Crippen molar-refractivity contribution in [2.24, 2.45) is 0 Å². The Balaban J connectivity index is 3.20. The third-order valence-electron chi connectivity index (χ3n) is 2.31. The zero-order valence-electron chi connectivity index (χ0n) is 10.1. The van der Waals surface area contributed by atoms with Gasteiger partial charge in [0.1, 0.15) is 22.0 Å². The molecule has 0 spiro atoms. The third kappa shape index (κ3) is 2.89. The third-order valence-corrected chi connectivity index (χ3v) is 3.93. The first-order valence-corrected chi connectivity index (χ1v) is 6.73. The summed E-state index contributed by atoms with van der Waals surface area (Å²) in [6.45, 7) is 2.66. The van der Waals surface area contributed by atoms with Gasteiger partial charge >= 0.3 is 5.97 Å². The minimum atomic E-state index is -3.95. The average Bonchev–Trinajstić information content (AvgIpc) is 2.54. The molecule has 8 heteroatoms. The second-order valence-electron chi connectivity index (χ2n) is 3.70. The van der Waals surface area contributed by atoms with Crippen molar-refractivity contribution < 1.29 is 27.8 Å². The van der Waals surface area contributed by atoms with Crippen LogP contribution >= 0.6 is 0 Å². The molecule has 0 unspecified atom stereocenters. The Morgan fingerprint density at radius 3 is 2.44 bits per heavy atom. The number of carboxylic acids is 1. The van der Waals surface area contributed by atoms with Crippen LogP contribution in [-0.4, -0.2) is 37.8 Å². The smallest absolute Gasteiger partial charge is 0.340 e. The van der Waals surface area contributed by atoms with Gasteiger partial charge in [0.05, 0.1) is 0 Å². The van der Waals surface area contributed by atoms with Crippen molar-refractivity contribution in [3.05, 3.63) is 17.1 Å². The molecule has 1 heterocycles. The molecule has 102 valence electrons. The summed E-state index contributed by atoms with van der Waals surface area (Å²) in [6, 6.07) is 0. The highest BCUT2D eigenvalue weighted by Crippen LogP contribution is 2.26. The van der Waals surface area contributed by atoms with Crippen LogP contribution in [0.4, 0.5) is 0 Å². The summed E-state index contributed by atoms with van der Waals surface area (Å²) in [7, 11) is -3.95. The topological polar surface area (TPSA) is 117 Å². The van der Waals surface area contributed by atoms with E-state index in [0.29, 0.717) is 0 Å². The van der Waals surface area contributed by atoms with Crippen LogP contribution in [0.25, 0.3) is 0 Å². The maximum absolute atomic E-state index is 12.0. The molecular formula is C10H15NO6S. The van der Waals surface area contributed by atoms with Gasteiger partial charge in [-0.25, -0.2) is 17.9 Å². The Kier molecular flexibility index (Phi) is 4.49. The molecule has 0 aliphatic carbocycles. The monoisotopic (exact) mass is 277 g/mol. The fraction of sp³-hybridized carbons (Fsp3) is 0.500. The first-order valence-electron chi connectivity index (χ1n) is 5.25. The number of sulfonamides is 1. The minimum absolute atomic E-state index is 0.0291. The van der Waals surface area contributed by atoms with E-state index in [1.165, 1.54) is 13.8 Å². The number of aliphatic hydroxyl groups is 1. The van der Waals surface area contributed by atoms with E-state index in [0.717, 1.165) is 0 Å². The second-order valence-corrected chi connectivity index (χ2v) is 5.40. The van der Waals surface area contributed by atoms with Crippen LogP contribution < -0.4 is 4.72 Å². The molecule has 0 amide bonds. The summed E-state index contributed by atoms with van der Waals surface area (Å²) in [5.41, 5.74) is -0.357. The van der Waals surface area contributed by atoms with Gasteiger partial charge in [-0.2, -0.15) is 0 Å². The van der Waals surface area contributed by atoms with Gasteiger partial charge in [-0.15, -0.1) is 0 Å². The summed E-state index contributed by atoms with van der Waals surface area (Å²) in [5, 5.41) is 17.6. The molecule has 3 N–H and O–H groups in total. The van der Waals surface area contributed by atoms with Crippen LogP contribution in [0.5, 0.6) is 0 Å². The maximum Gasteiger partial charge on any atom is 0.340 e. The van der Waals surface area contributed by atoms with E-state index >= 15 is 0 Å². The van der Waals surface area contributed by atoms with E-state index < -0.39 is 16.0 Å².